The van der Waals surface area contributed by atoms with Crippen molar-refractivity contribution in [3.63, 3.8) is 0 Å². The molecule has 0 unspecified atom stereocenters. The van der Waals surface area contributed by atoms with Crippen LogP contribution in [0.5, 0.6) is 0 Å². The fourth-order valence-electron chi connectivity index (χ4n) is 1.40. The Bertz CT molecular complexity index is 420. The maximum absolute atomic E-state index is 10.6. The number of nitro groups is 1. The standard InChI is InChI=1S/C15H21NO4/c1-2-11-14(16(19)20)12-9-7-5-3-4-6-8-10-13-15(17)18/h3-4,7-11H,2,5-6,12-13H2,1H3,(H,17,18). The van der Waals surface area contributed by atoms with Crippen molar-refractivity contribution in [2.24, 2.45) is 0 Å². The lowest BCUT2D eigenvalue weighted by atomic mass is 10.2. The van der Waals surface area contributed by atoms with Gasteiger partial charge < -0.3 is 5.11 Å². The largest absolute Gasteiger partial charge is 0.481 e. The van der Waals surface area contributed by atoms with Crippen molar-refractivity contribution < 1.29 is 14.8 Å². The highest BCUT2D eigenvalue weighted by Gasteiger charge is 2.05. The van der Waals surface area contributed by atoms with Crippen molar-refractivity contribution in [1.82, 2.24) is 0 Å². The molecule has 0 spiro atoms. The van der Waals surface area contributed by atoms with E-state index in [1.165, 1.54) is 0 Å². The van der Waals surface area contributed by atoms with Gasteiger partial charge in [0.05, 0.1) is 17.8 Å². The maximum atomic E-state index is 10.6. The minimum Gasteiger partial charge on any atom is -0.481 e. The zero-order chi connectivity index (χ0) is 15.2. The Morgan fingerprint density at radius 3 is 2.00 bits per heavy atom. The highest BCUT2D eigenvalue weighted by Crippen LogP contribution is 2.05. The van der Waals surface area contributed by atoms with Crippen LogP contribution in [0.3, 0.4) is 0 Å². The van der Waals surface area contributed by atoms with Gasteiger partial charge in [0.1, 0.15) is 0 Å². The van der Waals surface area contributed by atoms with E-state index in [9.17, 15) is 14.9 Å². The van der Waals surface area contributed by atoms with Crippen molar-refractivity contribution in [3.05, 3.63) is 58.3 Å². The van der Waals surface area contributed by atoms with Crippen molar-refractivity contribution in [2.45, 2.75) is 39.0 Å². The summed E-state index contributed by atoms with van der Waals surface area (Å²) in [6, 6.07) is 0. The molecule has 0 heterocycles. The zero-order valence-electron chi connectivity index (χ0n) is 11.7. The van der Waals surface area contributed by atoms with Crippen molar-refractivity contribution in [1.29, 1.82) is 0 Å². The van der Waals surface area contributed by atoms with Gasteiger partial charge in [0.25, 0.3) is 0 Å². The number of carbonyl (C=O) groups is 1. The Labute approximate surface area is 119 Å². The summed E-state index contributed by atoms with van der Waals surface area (Å²) in [5, 5.41) is 19.0. The Morgan fingerprint density at radius 1 is 1.05 bits per heavy atom. The van der Waals surface area contributed by atoms with Crippen molar-refractivity contribution in [3.8, 4) is 0 Å². The zero-order valence-corrected chi connectivity index (χ0v) is 11.7. The molecule has 5 heteroatoms. The lowest BCUT2D eigenvalue weighted by Gasteiger charge is -1.92. The van der Waals surface area contributed by atoms with Gasteiger partial charge in [0, 0.05) is 0 Å². The third-order valence-electron chi connectivity index (χ3n) is 2.34. The minimum atomic E-state index is -0.838. The molecule has 0 saturated heterocycles. The van der Waals surface area contributed by atoms with Gasteiger partial charge in [-0.3, -0.25) is 14.9 Å². The lowest BCUT2D eigenvalue weighted by Crippen LogP contribution is -1.96. The number of carboxylic acid groups (broad SMARTS) is 1. The van der Waals surface area contributed by atoms with Gasteiger partial charge in [-0.15, -0.1) is 0 Å². The smallest absolute Gasteiger partial charge is 0.307 e. The molecule has 0 aromatic carbocycles. The third kappa shape index (κ3) is 11.0. The first-order valence-electron chi connectivity index (χ1n) is 6.58. The SMILES string of the molecule is CCC=C(CC=CCC=CCC=CCC(=O)O)[N+](=O)[O-]. The summed E-state index contributed by atoms with van der Waals surface area (Å²) in [4.78, 5) is 20.5. The van der Waals surface area contributed by atoms with Crippen LogP contribution in [-0.2, 0) is 4.79 Å². The maximum Gasteiger partial charge on any atom is 0.307 e. The average molecular weight is 279 g/mol. The van der Waals surface area contributed by atoms with Gasteiger partial charge in [0.2, 0.25) is 5.70 Å². The van der Waals surface area contributed by atoms with Crippen LogP contribution in [0.25, 0.3) is 0 Å². The van der Waals surface area contributed by atoms with Crippen LogP contribution in [0.4, 0.5) is 0 Å². The number of hydrogen-bond acceptors (Lipinski definition) is 3. The molecular formula is C15H21NO4. The minimum absolute atomic E-state index is 0.0428. The number of nitrogens with zero attached hydrogens (tertiary/aromatic N) is 1. The molecule has 0 radical (unpaired) electrons. The summed E-state index contributed by atoms with van der Waals surface area (Å²) >= 11 is 0. The van der Waals surface area contributed by atoms with Crippen molar-refractivity contribution >= 4 is 5.97 Å². The Morgan fingerprint density at radius 2 is 1.55 bits per heavy atom. The molecule has 0 aliphatic heterocycles. The van der Waals surface area contributed by atoms with Gasteiger partial charge in [-0.05, 0) is 25.3 Å². The molecule has 5 nitrogen and oxygen atoms in total. The molecule has 0 fully saturated rings. The van der Waals surface area contributed by atoms with Gasteiger partial charge in [-0.2, -0.15) is 0 Å². The van der Waals surface area contributed by atoms with E-state index in [0.29, 0.717) is 25.7 Å². The molecule has 0 aromatic heterocycles. The molecule has 0 amide bonds. The Kier molecular flexibility index (Phi) is 10.6. The molecule has 110 valence electrons. The Balaban J connectivity index is 3.86. The molecule has 0 bridgehead atoms. The normalized spacial score (nSPS) is 12.8. The quantitative estimate of drug-likeness (QED) is 0.374. The molecule has 0 aliphatic rings. The molecule has 1 N–H and O–H groups in total. The Hall–Kier alpha value is -2.17. The third-order valence-corrected chi connectivity index (χ3v) is 2.34. The van der Waals surface area contributed by atoms with Crippen molar-refractivity contribution in [2.75, 3.05) is 0 Å². The van der Waals surface area contributed by atoms with Gasteiger partial charge in [0.15, 0.2) is 0 Å². The predicted octanol–water partition coefficient (Wildman–Crippen LogP) is 3.87. The van der Waals surface area contributed by atoms with Crippen LogP contribution in [-0.4, -0.2) is 16.0 Å². The van der Waals surface area contributed by atoms with E-state index in [-0.39, 0.29) is 17.0 Å². The van der Waals surface area contributed by atoms with E-state index in [4.69, 9.17) is 5.11 Å². The highest BCUT2D eigenvalue weighted by atomic mass is 16.6. The van der Waals surface area contributed by atoms with E-state index in [1.54, 1.807) is 24.3 Å². The average Bonchev–Trinajstić information content (AvgIpc) is 2.39. The number of carboxylic acids is 1. The number of hydrogen-bond donors (Lipinski definition) is 1. The highest BCUT2D eigenvalue weighted by molar-refractivity contribution is 5.68. The molecule has 0 atom stereocenters. The van der Waals surface area contributed by atoms with Crippen LogP contribution >= 0.6 is 0 Å². The topological polar surface area (TPSA) is 80.4 Å². The van der Waals surface area contributed by atoms with E-state index in [2.05, 4.69) is 0 Å². The summed E-state index contributed by atoms with van der Waals surface area (Å²) in [5.74, 6) is -0.838. The molecule has 20 heavy (non-hydrogen) atoms. The fourth-order valence-corrected chi connectivity index (χ4v) is 1.40. The van der Waals surface area contributed by atoms with Crippen LogP contribution in [0.2, 0.25) is 0 Å². The monoisotopic (exact) mass is 279 g/mol. The second kappa shape index (κ2) is 11.9. The molecule has 0 aliphatic carbocycles. The molecule has 0 rings (SSSR count). The summed E-state index contributed by atoms with van der Waals surface area (Å²) in [6.45, 7) is 1.87. The molecule has 0 saturated carbocycles. The van der Waals surface area contributed by atoms with E-state index < -0.39 is 5.97 Å². The van der Waals surface area contributed by atoms with Crippen LogP contribution < -0.4 is 0 Å². The molecule has 0 aromatic rings. The van der Waals surface area contributed by atoms with Crippen LogP contribution in [0.1, 0.15) is 39.0 Å². The van der Waals surface area contributed by atoms with Gasteiger partial charge in [-0.25, -0.2) is 0 Å². The van der Waals surface area contributed by atoms with E-state index in [0.717, 1.165) is 0 Å². The second-order valence-electron chi connectivity index (χ2n) is 4.05. The number of allylic oxidation sites excluding steroid dienone is 6. The van der Waals surface area contributed by atoms with Gasteiger partial charge >= 0.3 is 5.97 Å². The first kappa shape index (κ1) is 17.8. The van der Waals surface area contributed by atoms with E-state index in [1.807, 2.05) is 25.2 Å². The molecular weight excluding hydrogens is 258 g/mol. The lowest BCUT2D eigenvalue weighted by molar-refractivity contribution is -0.427. The summed E-state index contributed by atoms with van der Waals surface area (Å²) in [6.07, 6.45) is 15.0. The van der Waals surface area contributed by atoms with Gasteiger partial charge in [-0.1, -0.05) is 43.4 Å². The summed E-state index contributed by atoms with van der Waals surface area (Å²) in [7, 11) is 0. The fraction of sp³-hybridized carbons (Fsp3) is 0.400. The number of aliphatic carboxylic acids is 1. The van der Waals surface area contributed by atoms with Crippen LogP contribution in [0, 0.1) is 10.1 Å². The summed E-state index contributed by atoms with van der Waals surface area (Å²) < 4.78 is 0. The predicted molar refractivity (Wildman–Crippen MR) is 78.9 cm³/mol. The second-order valence-corrected chi connectivity index (χ2v) is 4.05. The first-order chi connectivity index (χ1) is 9.57. The van der Waals surface area contributed by atoms with Crippen LogP contribution in [0.15, 0.2) is 48.2 Å². The number of rotatable bonds is 10. The summed E-state index contributed by atoms with van der Waals surface area (Å²) in [5.41, 5.74) is 0.226. The van der Waals surface area contributed by atoms with E-state index >= 15 is 0 Å². The first-order valence-corrected chi connectivity index (χ1v) is 6.58.